The largest absolute Gasteiger partial charge is 0.490 e. The van der Waals surface area contributed by atoms with Crippen molar-refractivity contribution in [3.63, 3.8) is 0 Å². The highest BCUT2D eigenvalue weighted by Crippen LogP contribution is 2.31. The van der Waals surface area contributed by atoms with E-state index in [2.05, 4.69) is 72.5 Å². The van der Waals surface area contributed by atoms with Crippen molar-refractivity contribution in [1.29, 1.82) is 0 Å². The highest BCUT2D eigenvalue weighted by Gasteiger charge is 2.38. The minimum absolute atomic E-state index is 0.301. The second kappa shape index (κ2) is 9.43. The molecule has 0 amide bonds. The summed E-state index contributed by atoms with van der Waals surface area (Å²) in [6.07, 6.45) is -4.05. The summed E-state index contributed by atoms with van der Waals surface area (Å²) < 4.78 is 31.7. The first-order valence-corrected chi connectivity index (χ1v) is 9.22. The Balaban J connectivity index is 0.000000396. The number of benzene rings is 2. The number of carboxylic acids is 1. The van der Waals surface area contributed by atoms with Crippen molar-refractivity contribution in [1.82, 2.24) is 9.97 Å². The van der Waals surface area contributed by atoms with Gasteiger partial charge in [-0.25, -0.2) is 9.78 Å². The lowest BCUT2D eigenvalue weighted by Gasteiger charge is -2.13. The van der Waals surface area contributed by atoms with Crippen LogP contribution in [0, 0.1) is 13.8 Å². The van der Waals surface area contributed by atoms with Gasteiger partial charge >= 0.3 is 12.1 Å². The molecule has 3 rings (SSSR count). The van der Waals surface area contributed by atoms with E-state index in [0.717, 1.165) is 35.2 Å². The van der Waals surface area contributed by atoms with Crippen molar-refractivity contribution in [3.05, 3.63) is 47.5 Å². The van der Waals surface area contributed by atoms with E-state index >= 15 is 0 Å². The first-order chi connectivity index (χ1) is 14.0. The van der Waals surface area contributed by atoms with E-state index in [1.165, 1.54) is 16.7 Å². The van der Waals surface area contributed by atoms with Gasteiger partial charge in [0.15, 0.2) is 0 Å². The van der Waals surface area contributed by atoms with Crippen molar-refractivity contribution in [2.24, 2.45) is 0 Å². The van der Waals surface area contributed by atoms with Crippen LogP contribution in [0.4, 0.5) is 24.9 Å². The minimum Gasteiger partial charge on any atom is -0.475 e. The number of aliphatic carboxylic acids is 1. The fraction of sp³-hybridized carbons (Fsp3) is 0.286. The van der Waals surface area contributed by atoms with Crippen LogP contribution in [0.25, 0.3) is 22.0 Å². The Morgan fingerprint density at radius 3 is 2.27 bits per heavy atom. The molecule has 0 saturated carbocycles. The summed E-state index contributed by atoms with van der Waals surface area (Å²) >= 11 is 0. The van der Waals surface area contributed by atoms with Gasteiger partial charge in [0.2, 0.25) is 5.95 Å². The number of halogens is 3. The smallest absolute Gasteiger partial charge is 0.475 e. The Morgan fingerprint density at radius 1 is 1.13 bits per heavy atom. The highest BCUT2D eigenvalue weighted by molar-refractivity contribution is 5.93. The van der Waals surface area contributed by atoms with Gasteiger partial charge in [0.1, 0.15) is 5.82 Å². The Morgan fingerprint density at radius 2 is 1.73 bits per heavy atom. The maximum Gasteiger partial charge on any atom is 0.490 e. The molecule has 0 aliphatic rings. The number of nitrogens with zero attached hydrogens (tertiary/aromatic N) is 2. The van der Waals surface area contributed by atoms with Crippen LogP contribution in [0.5, 0.6) is 0 Å². The predicted molar refractivity (Wildman–Crippen MR) is 111 cm³/mol. The van der Waals surface area contributed by atoms with E-state index in [4.69, 9.17) is 15.6 Å². The normalized spacial score (nSPS) is 11.0. The lowest BCUT2D eigenvalue weighted by molar-refractivity contribution is -0.192. The van der Waals surface area contributed by atoms with Crippen LogP contribution >= 0.6 is 0 Å². The first-order valence-electron chi connectivity index (χ1n) is 9.22. The van der Waals surface area contributed by atoms with Crippen molar-refractivity contribution in [2.45, 2.75) is 33.4 Å². The van der Waals surface area contributed by atoms with Gasteiger partial charge in [0.25, 0.3) is 0 Å². The predicted octanol–water partition coefficient (Wildman–Crippen LogP) is 4.95. The van der Waals surface area contributed by atoms with Crippen molar-refractivity contribution < 1.29 is 23.1 Å². The lowest BCUT2D eigenvalue weighted by Crippen LogP contribution is -2.21. The second-order valence-corrected chi connectivity index (χ2v) is 6.66. The molecule has 9 heteroatoms. The van der Waals surface area contributed by atoms with Gasteiger partial charge in [-0.05, 0) is 54.7 Å². The van der Waals surface area contributed by atoms with E-state index in [9.17, 15) is 13.2 Å². The third-order valence-electron chi connectivity index (χ3n) is 4.27. The van der Waals surface area contributed by atoms with Gasteiger partial charge in [0.05, 0.1) is 5.52 Å². The average molecular weight is 420 g/mol. The monoisotopic (exact) mass is 420 g/mol. The van der Waals surface area contributed by atoms with Crippen LogP contribution in [-0.4, -0.2) is 33.8 Å². The van der Waals surface area contributed by atoms with E-state index in [1.54, 1.807) is 0 Å². The van der Waals surface area contributed by atoms with Crippen LogP contribution in [0.3, 0.4) is 0 Å². The lowest BCUT2D eigenvalue weighted by atomic mass is 9.95. The Labute approximate surface area is 172 Å². The van der Waals surface area contributed by atoms with Crippen molar-refractivity contribution >= 4 is 28.6 Å². The van der Waals surface area contributed by atoms with E-state index < -0.39 is 12.1 Å². The summed E-state index contributed by atoms with van der Waals surface area (Å²) in [5.74, 6) is -1.65. The number of hydrogen-bond donors (Lipinski definition) is 3. The zero-order valence-corrected chi connectivity index (χ0v) is 16.8. The molecule has 2 aromatic carbocycles. The summed E-state index contributed by atoms with van der Waals surface area (Å²) in [4.78, 5) is 17.6. The SMILES string of the molecule is CCCNc1nc(N)nc2cc(-c3c(C)cccc3C)ccc12.O=C(O)C(F)(F)F. The second-order valence-electron chi connectivity index (χ2n) is 6.66. The molecular weight excluding hydrogens is 397 g/mol. The Hall–Kier alpha value is -3.36. The summed E-state index contributed by atoms with van der Waals surface area (Å²) in [7, 11) is 0. The fourth-order valence-electron chi connectivity index (χ4n) is 2.95. The Kier molecular flexibility index (Phi) is 7.20. The molecule has 3 aromatic rings. The molecule has 1 aromatic heterocycles. The maximum atomic E-state index is 10.6. The summed E-state index contributed by atoms with van der Waals surface area (Å²) in [5.41, 5.74) is 11.7. The molecule has 6 nitrogen and oxygen atoms in total. The first kappa shape index (κ1) is 22.9. The number of nitrogens with one attached hydrogen (secondary N) is 1. The van der Waals surface area contributed by atoms with Crippen molar-refractivity contribution in [3.8, 4) is 11.1 Å². The van der Waals surface area contributed by atoms with Crippen LogP contribution in [0.1, 0.15) is 24.5 Å². The molecule has 0 radical (unpaired) electrons. The number of nitrogen functional groups attached to an aromatic ring is 1. The van der Waals surface area contributed by atoms with Crippen LogP contribution in [0.15, 0.2) is 36.4 Å². The van der Waals surface area contributed by atoms with Gasteiger partial charge in [-0.3, -0.25) is 0 Å². The van der Waals surface area contributed by atoms with Gasteiger partial charge in [-0.2, -0.15) is 18.2 Å². The minimum atomic E-state index is -5.08. The molecule has 0 aliphatic heterocycles. The summed E-state index contributed by atoms with van der Waals surface area (Å²) in [6.45, 7) is 7.26. The molecule has 0 aliphatic carbocycles. The average Bonchev–Trinajstić information content (AvgIpc) is 2.65. The molecule has 0 fully saturated rings. The van der Waals surface area contributed by atoms with Crippen LogP contribution < -0.4 is 11.1 Å². The quantitative estimate of drug-likeness (QED) is 0.552. The standard InChI is InChI=1S/C19H22N4.C2HF3O2/c1-4-10-21-18-15-9-8-14(11-16(15)22-19(20)23-18)17-12(2)6-5-7-13(17)3;3-2(4,5)1(6)7/h5-9,11H,4,10H2,1-3H3,(H3,20,21,22,23);(H,6,7). The third-order valence-corrected chi connectivity index (χ3v) is 4.27. The number of aryl methyl sites for hydroxylation is 2. The van der Waals surface area contributed by atoms with E-state index in [0.29, 0.717) is 5.95 Å². The molecule has 160 valence electrons. The molecule has 0 atom stereocenters. The van der Waals surface area contributed by atoms with Gasteiger partial charge in [-0.15, -0.1) is 0 Å². The van der Waals surface area contributed by atoms with Crippen LogP contribution in [0.2, 0.25) is 0 Å². The highest BCUT2D eigenvalue weighted by atomic mass is 19.4. The summed E-state index contributed by atoms with van der Waals surface area (Å²) in [5, 5.41) is 11.5. The molecule has 30 heavy (non-hydrogen) atoms. The van der Waals surface area contributed by atoms with Gasteiger partial charge in [0, 0.05) is 11.9 Å². The number of hydrogen-bond acceptors (Lipinski definition) is 5. The third kappa shape index (κ3) is 5.59. The Bertz CT molecular complexity index is 1030. The molecule has 1 heterocycles. The number of fused-ring (bicyclic) bond motifs is 1. The molecular formula is C21H23F3N4O2. The molecule has 4 N–H and O–H groups in total. The zero-order chi connectivity index (χ0) is 22.5. The maximum absolute atomic E-state index is 10.6. The zero-order valence-electron chi connectivity index (χ0n) is 16.8. The molecule has 0 bridgehead atoms. The van der Waals surface area contributed by atoms with Crippen molar-refractivity contribution in [2.75, 3.05) is 17.6 Å². The number of nitrogens with two attached hydrogens (primary N) is 1. The molecule has 0 unspecified atom stereocenters. The van der Waals surface area contributed by atoms with Crippen LogP contribution in [-0.2, 0) is 4.79 Å². The number of alkyl halides is 3. The number of rotatable bonds is 4. The fourth-order valence-corrected chi connectivity index (χ4v) is 2.95. The van der Waals surface area contributed by atoms with Gasteiger partial charge in [-0.1, -0.05) is 31.2 Å². The number of aromatic nitrogens is 2. The molecule has 0 spiro atoms. The number of carboxylic acid groups (broad SMARTS) is 1. The number of anilines is 2. The van der Waals surface area contributed by atoms with E-state index in [1.807, 2.05) is 0 Å². The summed E-state index contributed by atoms with van der Waals surface area (Å²) in [6, 6.07) is 12.7. The molecule has 0 saturated heterocycles. The van der Waals surface area contributed by atoms with Gasteiger partial charge < -0.3 is 16.2 Å². The van der Waals surface area contributed by atoms with E-state index in [-0.39, 0.29) is 0 Å². The topological polar surface area (TPSA) is 101 Å². The number of carbonyl (C=O) groups is 1.